The van der Waals surface area contributed by atoms with Crippen molar-refractivity contribution in [1.82, 2.24) is 15.3 Å². The van der Waals surface area contributed by atoms with Crippen LogP contribution in [-0.4, -0.2) is 48.1 Å². The van der Waals surface area contributed by atoms with Gasteiger partial charge in [0, 0.05) is 47.5 Å². The normalized spacial score (nSPS) is 16.5. The number of carbonyl (C=O) groups excluding carboxylic acids is 1. The summed E-state index contributed by atoms with van der Waals surface area (Å²) in [6, 6.07) is 7.14. The Balaban J connectivity index is 1.52. The van der Waals surface area contributed by atoms with Crippen LogP contribution in [0.5, 0.6) is 0 Å². The van der Waals surface area contributed by atoms with Gasteiger partial charge in [0.1, 0.15) is 18.0 Å². The van der Waals surface area contributed by atoms with Crippen LogP contribution in [0.1, 0.15) is 19.8 Å². The molecule has 7 nitrogen and oxygen atoms in total. The van der Waals surface area contributed by atoms with Crippen LogP contribution in [0.25, 0.3) is 0 Å². The number of amides is 1. The number of piperidine rings is 1. The van der Waals surface area contributed by atoms with E-state index in [-0.39, 0.29) is 18.5 Å². The summed E-state index contributed by atoms with van der Waals surface area (Å²) in [5, 5.41) is 10.4. The van der Waals surface area contributed by atoms with Crippen molar-refractivity contribution in [3.05, 3.63) is 40.6 Å². The first-order chi connectivity index (χ1) is 13.5. The maximum absolute atomic E-state index is 12.3. The predicted molar refractivity (Wildman–Crippen MR) is 115 cm³/mol. The van der Waals surface area contributed by atoms with Crippen LogP contribution >= 0.6 is 23.2 Å². The molecule has 0 unspecified atom stereocenters. The van der Waals surface area contributed by atoms with Crippen molar-refractivity contribution in [2.24, 2.45) is 0 Å². The van der Waals surface area contributed by atoms with E-state index in [1.165, 1.54) is 0 Å². The van der Waals surface area contributed by atoms with Crippen LogP contribution < -0.4 is 20.9 Å². The zero-order valence-corrected chi connectivity index (χ0v) is 17.2. The third-order valence-electron chi connectivity index (χ3n) is 4.44. The summed E-state index contributed by atoms with van der Waals surface area (Å²) in [4.78, 5) is 23.1. The molecule has 0 saturated carbocycles. The van der Waals surface area contributed by atoms with Crippen LogP contribution in [0, 0.1) is 0 Å². The molecule has 0 radical (unpaired) electrons. The maximum Gasteiger partial charge on any atom is 0.239 e. The van der Waals surface area contributed by atoms with Crippen molar-refractivity contribution < 1.29 is 4.79 Å². The molecule has 1 saturated heterocycles. The molecule has 2 aromatic rings. The van der Waals surface area contributed by atoms with Crippen LogP contribution in [0.4, 0.5) is 17.3 Å². The molecule has 9 heteroatoms. The Hall–Kier alpha value is -2.25. The smallest absolute Gasteiger partial charge is 0.239 e. The lowest BCUT2D eigenvalue weighted by Crippen LogP contribution is -2.49. The fourth-order valence-electron chi connectivity index (χ4n) is 3.22. The lowest BCUT2D eigenvalue weighted by molar-refractivity contribution is -0.120. The molecular formula is C19H24Cl2N6O. The van der Waals surface area contributed by atoms with Gasteiger partial charge in [-0.25, -0.2) is 9.97 Å². The van der Waals surface area contributed by atoms with E-state index in [9.17, 15) is 4.79 Å². The second-order valence-corrected chi connectivity index (χ2v) is 7.53. The van der Waals surface area contributed by atoms with E-state index in [4.69, 9.17) is 23.2 Å². The second-order valence-electron chi connectivity index (χ2n) is 6.66. The van der Waals surface area contributed by atoms with Gasteiger partial charge in [0.15, 0.2) is 0 Å². The molecule has 1 aromatic carbocycles. The van der Waals surface area contributed by atoms with E-state index in [1.807, 2.05) is 13.0 Å². The highest BCUT2D eigenvalue weighted by Crippen LogP contribution is 2.22. The van der Waals surface area contributed by atoms with Gasteiger partial charge < -0.3 is 20.9 Å². The molecule has 28 heavy (non-hydrogen) atoms. The zero-order valence-electron chi connectivity index (χ0n) is 15.7. The highest BCUT2D eigenvalue weighted by atomic mass is 35.5. The average molecular weight is 423 g/mol. The van der Waals surface area contributed by atoms with E-state index in [2.05, 4.69) is 30.8 Å². The van der Waals surface area contributed by atoms with Crippen LogP contribution in [0.2, 0.25) is 10.0 Å². The lowest BCUT2D eigenvalue weighted by atomic mass is 10.1. The van der Waals surface area contributed by atoms with Gasteiger partial charge >= 0.3 is 0 Å². The fourth-order valence-corrected chi connectivity index (χ4v) is 3.74. The van der Waals surface area contributed by atoms with E-state index in [1.54, 1.807) is 24.5 Å². The molecule has 3 rings (SSSR count). The summed E-state index contributed by atoms with van der Waals surface area (Å²) in [6.07, 6.45) is 3.49. The van der Waals surface area contributed by atoms with Crippen molar-refractivity contribution in [2.45, 2.75) is 25.8 Å². The second kappa shape index (κ2) is 9.80. The van der Waals surface area contributed by atoms with E-state index in [0.29, 0.717) is 10.0 Å². The molecule has 1 aliphatic heterocycles. The number of nitrogens with zero attached hydrogens (tertiary/aromatic N) is 3. The maximum atomic E-state index is 12.3. The van der Waals surface area contributed by atoms with Crippen LogP contribution in [0.15, 0.2) is 30.6 Å². The third kappa shape index (κ3) is 5.87. The van der Waals surface area contributed by atoms with Crippen molar-refractivity contribution in [2.75, 3.05) is 41.7 Å². The zero-order chi connectivity index (χ0) is 19.9. The minimum atomic E-state index is -0.0704. The summed E-state index contributed by atoms with van der Waals surface area (Å²) in [6.45, 7) is 4.62. The number of benzene rings is 1. The average Bonchev–Trinajstić information content (AvgIpc) is 2.66. The largest absolute Gasteiger partial charge is 0.376 e. The van der Waals surface area contributed by atoms with Crippen molar-refractivity contribution in [1.29, 1.82) is 0 Å². The van der Waals surface area contributed by atoms with Gasteiger partial charge in [-0.3, -0.25) is 4.79 Å². The SMILES string of the molecule is CCNc1cc(N2CCC[C@@H](NC(=O)CNc3cc(Cl)cc(Cl)c3)C2)ncn1. The van der Waals surface area contributed by atoms with Crippen LogP contribution in [-0.2, 0) is 4.79 Å². The van der Waals surface area contributed by atoms with E-state index < -0.39 is 0 Å². The first kappa shape index (κ1) is 20.5. The topological polar surface area (TPSA) is 82.2 Å². The van der Waals surface area contributed by atoms with E-state index >= 15 is 0 Å². The number of carbonyl (C=O) groups is 1. The minimum absolute atomic E-state index is 0.0704. The number of aromatic nitrogens is 2. The van der Waals surface area contributed by atoms with Gasteiger partial charge in [-0.2, -0.15) is 0 Å². The summed E-state index contributed by atoms with van der Waals surface area (Å²) in [7, 11) is 0. The summed E-state index contributed by atoms with van der Waals surface area (Å²) in [5.41, 5.74) is 0.717. The van der Waals surface area contributed by atoms with Crippen LogP contribution in [0.3, 0.4) is 0 Å². The third-order valence-corrected chi connectivity index (χ3v) is 4.87. The first-order valence-corrected chi connectivity index (χ1v) is 10.1. The summed E-state index contributed by atoms with van der Waals surface area (Å²) in [5.74, 6) is 1.61. The number of hydrogen-bond acceptors (Lipinski definition) is 6. The Kier molecular flexibility index (Phi) is 7.17. The number of halogens is 2. The molecule has 1 amide bonds. The predicted octanol–water partition coefficient (Wildman–Crippen LogP) is 3.41. The highest BCUT2D eigenvalue weighted by Gasteiger charge is 2.22. The van der Waals surface area contributed by atoms with Gasteiger partial charge in [-0.1, -0.05) is 23.2 Å². The van der Waals surface area contributed by atoms with Gasteiger partial charge in [-0.05, 0) is 38.0 Å². The van der Waals surface area contributed by atoms with Gasteiger partial charge in [0.2, 0.25) is 5.91 Å². The molecule has 150 valence electrons. The number of rotatable bonds is 7. The van der Waals surface area contributed by atoms with Crippen molar-refractivity contribution in [3.63, 3.8) is 0 Å². The lowest BCUT2D eigenvalue weighted by Gasteiger charge is -2.34. The standard InChI is InChI=1S/C19H24Cl2N6O/c1-2-22-17-9-18(25-12-24-17)27-5-3-4-15(11-27)26-19(28)10-23-16-7-13(20)6-14(21)8-16/h6-9,12,15,23H,2-5,10-11H2,1H3,(H,26,28)(H,22,24,25)/t15-/m1/s1. The van der Waals surface area contributed by atoms with Crippen molar-refractivity contribution >= 4 is 46.4 Å². The first-order valence-electron chi connectivity index (χ1n) is 9.33. The Morgan fingerprint density at radius 1 is 1.18 bits per heavy atom. The summed E-state index contributed by atoms with van der Waals surface area (Å²) < 4.78 is 0. The van der Waals surface area contributed by atoms with Gasteiger partial charge in [-0.15, -0.1) is 0 Å². The Labute approximate surface area is 174 Å². The molecule has 1 atom stereocenters. The Morgan fingerprint density at radius 3 is 2.71 bits per heavy atom. The molecule has 1 aromatic heterocycles. The minimum Gasteiger partial charge on any atom is -0.376 e. The molecule has 0 bridgehead atoms. The van der Waals surface area contributed by atoms with Crippen molar-refractivity contribution in [3.8, 4) is 0 Å². The monoisotopic (exact) mass is 422 g/mol. The molecule has 2 heterocycles. The molecule has 1 fully saturated rings. The van der Waals surface area contributed by atoms with Gasteiger partial charge in [0.05, 0.1) is 6.54 Å². The van der Waals surface area contributed by atoms with Gasteiger partial charge in [0.25, 0.3) is 0 Å². The van der Waals surface area contributed by atoms with E-state index in [0.717, 1.165) is 49.8 Å². The molecule has 1 aliphatic rings. The Morgan fingerprint density at radius 2 is 1.96 bits per heavy atom. The molecular weight excluding hydrogens is 399 g/mol. The Bertz CT molecular complexity index is 799. The molecule has 0 spiro atoms. The number of anilines is 3. The fraction of sp³-hybridized carbons (Fsp3) is 0.421. The number of nitrogens with one attached hydrogen (secondary N) is 3. The summed E-state index contributed by atoms with van der Waals surface area (Å²) >= 11 is 12.0. The number of hydrogen-bond donors (Lipinski definition) is 3. The molecule has 3 N–H and O–H groups in total. The quantitative estimate of drug-likeness (QED) is 0.633. The highest BCUT2D eigenvalue weighted by molar-refractivity contribution is 6.35. The molecule has 0 aliphatic carbocycles.